The third kappa shape index (κ3) is 3.15. The van der Waals surface area contributed by atoms with Crippen LogP contribution in [-0.4, -0.2) is 18.5 Å². The van der Waals surface area contributed by atoms with Gasteiger partial charge in [0.1, 0.15) is 12.4 Å². The summed E-state index contributed by atoms with van der Waals surface area (Å²) in [4.78, 5) is 16.9. The molecule has 3 rings (SSSR count). The van der Waals surface area contributed by atoms with Crippen molar-refractivity contribution >= 4 is 29.3 Å². The van der Waals surface area contributed by atoms with E-state index in [4.69, 9.17) is 9.47 Å². The lowest BCUT2D eigenvalue weighted by atomic mass is 10.2. The first-order chi connectivity index (χ1) is 10.8. The van der Waals surface area contributed by atoms with E-state index in [0.717, 1.165) is 16.2 Å². The van der Waals surface area contributed by atoms with Crippen LogP contribution in [0, 0.1) is 0 Å². The van der Waals surface area contributed by atoms with E-state index in [0.29, 0.717) is 18.2 Å². The molecule has 1 aliphatic rings. The molecule has 0 spiro atoms. The van der Waals surface area contributed by atoms with E-state index in [1.807, 2.05) is 41.8 Å². The van der Waals surface area contributed by atoms with E-state index >= 15 is 0 Å². The van der Waals surface area contributed by atoms with E-state index in [2.05, 4.69) is 11.6 Å². The van der Waals surface area contributed by atoms with Gasteiger partial charge in [-0.1, -0.05) is 30.9 Å². The molecule has 2 aromatic rings. The van der Waals surface area contributed by atoms with Crippen LogP contribution in [0.15, 0.2) is 65.1 Å². The number of hydrogen-bond acceptors (Lipinski definition) is 5. The molecule has 0 N–H and O–H groups in total. The minimum Gasteiger partial charge on any atom is -0.490 e. The van der Waals surface area contributed by atoms with E-state index in [-0.39, 0.29) is 0 Å². The summed E-state index contributed by atoms with van der Waals surface area (Å²) >= 11 is 1.48. The van der Waals surface area contributed by atoms with Crippen molar-refractivity contribution in [1.29, 1.82) is 0 Å². The zero-order chi connectivity index (χ0) is 15.4. The molecule has 4 nitrogen and oxygen atoms in total. The molecular weight excluding hydrogens is 298 g/mol. The molecule has 0 radical (unpaired) electrons. The van der Waals surface area contributed by atoms with E-state index in [1.54, 1.807) is 12.2 Å². The Balaban J connectivity index is 1.79. The van der Waals surface area contributed by atoms with Gasteiger partial charge in [0.15, 0.2) is 5.70 Å². The first kappa shape index (κ1) is 14.3. The number of hydrogen-bond donors (Lipinski definition) is 0. The van der Waals surface area contributed by atoms with Crippen molar-refractivity contribution in [2.45, 2.75) is 0 Å². The van der Waals surface area contributed by atoms with Crippen molar-refractivity contribution in [2.24, 2.45) is 4.99 Å². The number of aliphatic imine (C=N–C) groups is 1. The summed E-state index contributed by atoms with van der Waals surface area (Å²) in [5.41, 5.74) is 1.15. The lowest BCUT2D eigenvalue weighted by molar-refractivity contribution is -0.129. The molecule has 0 amide bonds. The Labute approximate surface area is 132 Å². The fourth-order valence-corrected chi connectivity index (χ4v) is 2.54. The average Bonchev–Trinajstić information content (AvgIpc) is 3.17. The second kappa shape index (κ2) is 6.41. The fourth-order valence-electron chi connectivity index (χ4n) is 1.89. The van der Waals surface area contributed by atoms with Crippen LogP contribution in [0.2, 0.25) is 0 Å². The second-order valence-corrected chi connectivity index (χ2v) is 5.43. The van der Waals surface area contributed by atoms with E-state index in [1.165, 1.54) is 11.3 Å². The molecule has 110 valence electrons. The lowest BCUT2D eigenvalue weighted by Gasteiger charge is -2.02. The molecule has 0 bridgehead atoms. The number of carbonyl (C=O) groups is 1. The van der Waals surface area contributed by atoms with Crippen molar-refractivity contribution in [3.63, 3.8) is 0 Å². The number of ether oxygens (including phenoxy) is 2. The lowest BCUT2D eigenvalue weighted by Crippen LogP contribution is -2.03. The van der Waals surface area contributed by atoms with Gasteiger partial charge in [-0.05, 0) is 35.2 Å². The van der Waals surface area contributed by atoms with Crippen LogP contribution in [0.25, 0.3) is 6.08 Å². The zero-order valence-corrected chi connectivity index (χ0v) is 12.5. The molecule has 0 fully saturated rings. The highest BCUT2D eigenvalue weighted by molar-refractivity contribution is 7.12. The highest BCUT2D eigenvalue weighted by Crippen LogP contribution is 2.22. The van der Waals surface area contributed by atoms with Gasteiger partial charge in [-0.3, -0.25) is 0 Å². The number of carbonyl (C=O) groups excluding carboxylic acids is 1. The number of rotatable bonds is 5. The minimum atomic E-state index is -0.435. The number of cyclic esters (lactones) is 1. The summed E-state index contributed by atoms with van der Waals surface area (Å²) in [7, 11) is 0. The molecule has 1 aromatic heterocycles. The topological polar surface area (TPSA) is 47.9 Å². The molecule has 0 atom stereocenters. The SMILES string of the molecule is C=CCOc1ccc(C=C2N=C(c3cccs3)OC2=O)cc1. The molecule has 2 heterocycles. The molecule has 1 aromatic carbocycles. The molecule has 0 unspecified atom stereocenters. The molecule has 5 heteroatoms. The van der Waals surface area contributed by atoms with Crippen LogP contribution in [0.3, 0.4) is 0 Å². The van der Waals surface area contributed by atoms with Gasteiger partial charge in [0.05, 0.1) is 4.88 Å². The van der Waals surface area contributed by atoms with Gasteiger partial charge in [-0.2, -0.15) is 0 Å². The maximum absolute atomic E-state index is 11.9. The maximum atomic E-state index is 11.9. The van der Waals surface area contributed by atoms with Gasteiger partial charge in [0.2, 0.25) is 5.90 Å². The first-order valence-corrected chi connectivity index (χ1v) is 7.54. The number of thiophene rings is 1. The predicted molar refractivity (Wildman–Crippen MR) is 87.1 cm³/mol. The average molecular weight is 311 g/mol. The zero-order valence-electron chi connectivity index (χ0n) is 11.7. The smallest absolute Gasteiger partial charge is 0.363 e. The Morgan fingerprint density at radius 1 is 1.27 bits per heavy atom. The number of esters is 1. The summed E-state index contributed by atoms with van der Waals surface area (Å²) in [6, 6.07) is 11.1. The predicted octanol–water partition coefficient (Wildman–Crippen LogP) is 3.66. The van der Waals surface area contributed by atoms with E-state index < -0.39 is 5.97 Å². The van der Waals surface area contributed by atoms with Gasteiger partial charge in [0.25, 0.3) is 0 Å². The molecule has 0 saturated carbocycles. The summed E-state index contributed by atoms with van der Waals surface area (Å²) in [6.07, 6.45) is 3.38. The second-order valence-electron chi connectivity index (χ2n) is 4.48. The molecule has 22 heavy (non-hydrogen) atoms. The van der Waals surface area contributed by atoms with Gasteiger partial charge in [-0.25, -0.2) is 9.79 Å². The molecular formula is C17H13NO3S. The largest absolute Gasteiger partial charge is 0.490 e. The Kier molecular flexibility index (Phi) is 4.16. The van der Waals surface area contributed by atoms with Crippen LogP contribution < -0.4 is 4.74 Å². The van der Waals surface area contributed by atoms with E-state index in [9.17, 15) is 4.79 Å². The fraction of sp³-hybridized carbons (Fsp3) is 0.0588. The maximum Gasteiger partial charge on any atom is 0.363 e. The number of benzene rings is 1. The molecule has 0 saturated heterocycles. The summed E-state index contributed by atoms with van der Waals surface area (Å²) in [5.74, 6) is 0.673. The quantitative estimate of drug-likeness (QED) is 0.481. The van der Waals surface area contributed by atoms with Gasteiger partial charge in [-0.15, -0.1) is 11.3 Å². The summed E-state index contributed by atoms with van der Waals surface area (Å²) < 4.78 is 10.6. The minimum absolute atomic E-state index is 0.295. The summed E-state index contributed by atoms with van der Waals surface area (Å²) in [6.45, 7) is 4.06. The third-order valence-corrected chi connectivity index (χ3v) is 3.76. The van der Waals surface area contributed by atoms with Crippen LogP contribution >= 0.6 is 11.3 Å². The van der Waals surface area contributed by atoms with Gasteiger partial charge < -0.3 is 9.47 Å². The van der Waals surface area contributed by atoms with Gasteiger partial charge >= 0.3 is 5.97 Å². The van der Waals surface area contributed by atoms with Gasteiger partial charge in [0, 0.05) is 0 Å². The normalized spacial score (nSPS) is 15.5. The van der Waals surface area contributed by atoms with Crippen molar-refractivity contribution in [3.05, 3.63) is 70.6 Å². The molecule has 1 aliphatic heterocycles. The molecule has 0 aliphatic carbocycles. The van der Waals surface area contributed by atoms with Crippen molar-refractivity contribution in [1.82, 2.24) is 0 Å². The Hall–Kier alpha value is -2.66. The van der Waals surface area contributed by atoms with Crippen molar-refractivity contribution < 1.29 is 14.3 Å². The monoisotopic (exact) mass is 311 g/mol. The summed E-state index contributed by atoms with van der Waals surface area (Å²) in [5, 5.41) is 1.91. The highest BCUT2D eigenvalue weighted by atomic mass is 32.1. The Bertz CT molecular complexity index is 743. The first-order valence-electron chi connectivity index (χ1n) is 6.66. The van der Waals surface area contributed by atoms with Crippen LogP contribution in [0.4, 0.5) is 0 Å². The standard InChI is InChI=1S/C17H13NO3S/c1-2-9-20-13-7-5-12(6-8-13)11-14-17(19)21-16(18-14)15-4-3-10-22-15/h2-8,10-11H,1,9H2. The van der Waals surface area contributed by atoms with Crippen LogP contribution in [0.1, 0.15) is 10.4 Å². The number of nitrogens with zero attached hydrogens (tertiary/aromatic N) is 1. The van der Waals surface area contributed by atoms with Crippen LogP contribution in [0.5, 0.6) is 5.75 Å². The van der Waals surface area contributed by atoms with Crippen molar-refractivity contribution in [2.75, 3.05) is 6.61 Å². The highest BCUT2D eigenvalue weighted by Gasteiger charge is 2.24. The Morgan fingerprint density at radius 2 is 2.09 bits per heavy atom. The van der Waals surface area contributed by atoms with Crippen LogP contribution in [-0.2, 0) is 9.53 Å². The van der Waals surface area contributed by atoms with Crippen molar-refractivity contribution in [3.8, 4) is 5.75 Å². The third-order valence-electron chi connectivity index (χ3n) is 2.90. The Morgan fingerprint density at radius 3 is 2.77 bits per heavy atom.